The molecule has 2 atom stereocenters. The molecule has 2 fully saturated rings. The summed E-state index contributed by atoms with van der Waals surface area (Å²) in [5.74, 6) is -5.01. The molecule has 2 unspecified atom stereocenters. The molecule has 0 radical (unpaired) electrons. The second kappa shape index (κ2) is 12.4. The van der Waals surface area contributed by atoms with Crippen LogP contribution in [0.1, 0.15) is 85.6 Å². The molecule has 220 valence electrons. The lowest BCUT2D eigenvalue weighted by atomic mass is 9.82. The van der Waals surface area contributed by atoms with Crippen molar-refractivity contribution in [3.05, 3.63) is 70.8 Å². The maximum absolute atomic E-state index is 14.0. The summed E-state index contributed by atoms with van der Waals surface area (Å²) in [5.41, 5.74) is 0.896. The standard InChI is InChI=1S/C31H37F2N3O5/c1-31(2,3)22-11-9-20(10-12-22)29(40)35-13-14-36(30(41)21-15-23(32)17-24(33)16-21)28(35)27(39)34-25(18-26(37)38)19-7-5-4-6-8-19/h9-12,15-17,19,25,28H,4-8,13-14,18H2,1-3H3,(H,34,39)(H,37,38). The molecule has 2 aliphatic rings. The van der Waals surface area contributed by atoms with Crippen LogP contribution in [0.4, 0.5) is 8.78 Å². The largest absolute Gasteiger partial charge is 0.481 e. The highest BCUT2D eigenvalue weighted by molar-refractivity contribution is 6.02. The molecule has 10 heteroatoms. The number of rotatable bonds is 7. The summed E-state index contributed by atoms with van der Waals surface area (Å²) in [5, 5.41) is 12.4. The van der Waals surface area contributed by atoms with Crippen LogP contribution in [0.3, 0.4) is 0 Å². The number of nitrogens with one attached hydrogen (secondary N) is 1. The van der Waals surface area contributed by atoms with Gasteiger partial charge in [0.25, 0.3) is 17.7 Å². The summed E-state index contributed by atoms with van der Waals surface area (Å²) in [6.45, 7) is 6.10. The Balaban J connectivity index is 1.66. The Morgan fingerprint density at radius 3 is 1.93 bits per heavy atom. The lowest BCUT2D eigenvalue weighted by Gasteiger charge is -2.34. The van der Waals surface area contributed by atoms with E-state index in [0.717, 1.165) is 54.7 Å². The number of carboxylic acids is 1. The van der Waals surface area contributed by atoms with E-state index in [2.05, 4.69) is 5.32 Å². The fraction of sp³-hybridized carbons (Fsp3) is 0.484. The number of aliphatic carboxylic acids is 1. The van der Waals surface area contributed by atoms with E-state index in [1.165, 1.54) is 4.90 Å². The molecule has 2 N–H and O–H groups in total. The molecule has 0 aromatic heterocycles. The van der Waals surface area contributed by atoms with Crippen molar-refractivity contribution in [1.82, 2.24) is 15.1 Å². The lowest BCUT2D eigenvalue weighted by molar-refractivity contribution is -0.138. The molecule has 0 spiro atoms. The summed E-state index contributed by atoms with van der Waals surface area (Å²) in [6.07, 6.45) is 2.68. The van der Waals surface area contributed by atoms with E-state index in [0.29, 0.717) is 11.6 Å². The topological polar surface area (TPSA) is 107 Å². The van der Waals surface area contributed by atoms with E-state index in [9.17, 15) is 33.1 Å². The smallest absolute Gasteiger partial charge is 0.305 e. The van der Waals surface area contributed by atoms with Crippen molar-refractivity contribution in [2.45, 2.75) is 76.9 Å². The van der Waals surface area contributed by atoms with Crippen molar-refractivity contribution in [2.24, 2.45) is 5.92 Å². The van der Waals surface area contributed by atoms with Gasteiger partial charge in [-0.15, -0.1) is 0 Å². The molecule has 1 heterocycles. The highest BCUT2D eigenvalue weighted by Gasteiger charge is 2.44. The minimum atomic E-state index is -1.43. The molecule has 2 aromatic carbocycles. The summed E-state index contributed by atoms with van der Waals surface area (Å²) >= 11 is 0. The Morgan fingerprint density at radius 1 is 0.878 bits per heavy atom. The highest BCUT2D eigenvalue weighted by Crippen LogP contribution is 2.29. The summed E-state index contributed by atoms with van der Waals surface area (Å²) in [4.78, 5) is 55.1. The van der Waals surface area contributed by atoms with Gasteiger partial charge in [-0.25, -0.2) is 8.78 Å². The number of benzene rings is 2. The maximum Gasteiger partial charge on any atom is 0.305 e. The molecule has 4 rings (SSSR count). The first kappa shape index (κ1) is 30.1. The number of carbonyl (C=O) groups excluding carboxylic acids is 3. The van der Waals surface area contributed by atoms with Crippen LogP contribution in [-0.4, -0.2) is 63.9 Å². The molecule has 8 nitrogen and oxygen atoms in total. The molecule has 0 bridgehead atoms. The molecule has 2 aromatic rings. The Morgan fingerprint density at radius 2 is 1.41 bits per heavy atom. The maximum atomic E-state index is 14.0. The third-order valence-corrected chi connectivity index (χ3v) is 7.98. The number of carbonyl (C=O) groups is 4. The van der Waals surface area contributed by atoms with E-state index in [1.54, 1.807) is 12.1 Å². The van der Waals surface area contributed by atoms with E-state index < -0.39 is 47.5 Å². The molecule has 1 saturated carbocycles. The zero-order valence-electron chi connectivity index (χ0n) is 23.7. The van der Waals surface area contributed by atoms with Crippen LogP contribution in [0, 0.1) is 17.6 Å². The quantitative estimate of drug-likeness (QED) is 0.502. The number of hydrogen-bond acceptors (Lipinski definition) is 4. The molecule has 3 amide bonds. The zero-order chi connectivity index (χ0) is 29.9. The first-order chi connectivity index (χ1) is 19.3. The third-order valence-electron chi connectivity index (χ3n) is 7.98. The second-order valence-corrected chi connectivity index (χ2v) is 12.0. The van der Waals surface area contributed by atoms with Gasteiger partial charge in [-0.1, -0.05) is 52.2 Å². The fourth-order valence-corrected chi connectivity index (χ4v) is 5.78. The van der Waals surface area contributed by atoms with Gasteiger partial charge in [0.2, 0.25) is 0 Å². The van der Waals surface area contributed by atoms with Gasteiger partial charge in [0.15, 0.2) is 6.17 Å². The minimum absolute atomic E-state index is 0.00844. The number of halogens is 2. The van der Waals surface area contributed by atoms with Crippen molar-refractivity contribution >= 4 is 23.7 Å². The fourth-order valence-electron chi connectivity index (χ4n) is 5.78. The van der Waals surface area contributed by atoms with Crippen molar-refractivity contribution in [2.75, 3.05) is 13.1 Å². The Kier molecular flexibility index (Phi) is 9.09. The van der Waals surface area contributed by atoms with Crippen LogP contribution in [0.2, 0.25) is 0 Å². The van der Waals surface area contributed by atoms with Crippen LogP contribution >= 0.6 is 0 Å². The van der Waals surface area contributed by atoms with Gasteiger partial charge in [-0.05, 0) is 54.0 Å². The summed E-state index contributed by atoms with van der Waals surface area (Å²) in [7, 11) is 0. The van der Waals surface area contributed by atoms with E-state index in [1.807, 2.05) is 32.9 Å². The predicted octanol–water partition coefficient (Wildman–Crippen LogP) is 4.73. The number of carboxylic acid groups (broad SMARTS) is 1. The molecule has 1 aliphatic heterocycles. The minimum Gasteiger partial charge on any atom is -0.481 e. The van der Waals surface area contributed by atoms with Crippen molar-refractivity contribution < 1.29 is 33.1 Å². The normalized spacial score (nSPS) is 18.7. The third kappa shape index (κ3) is 7.10. The first-order valence-electron chi connectivity index (χ1n) is 14.1. The Labute approximate surface area is 238 Å². The lowest BCUT2D eigenvalue weighted by Crippen LogP contribution is -2.57. The van der Waals surface area contributed by atoms with Crippen LogP contribution in [0.25, 0.3) is 0 Å². The van der Waals surface area contributed by atoms with Gasteiger partial charge in [0.05, 0.1) is 6.42 Å². The van der Waals surface area contributed by atoms with Gasteiger partial charge in [0, 0.05) is 36.3 Å². The Bertz CT molecular complexity index is 1280. The average molecular weight is 570 g/mol. The highest BCUT2D eigenvalue weighted by atomic mass is 19.1. The van der Waals surface area contributed by atoms with Crippen LogP contribution in [0.5, 0.6) is 0 Å². The average Bonchev–Trinajstić information content (AvgIpc) is 3.36. The molecule has 1 aliphatic carbocycles. The number of nitrogens with zero attached hydrogens (tertiary/aromatic N) is 2. The van der Waals surface area contributed by atoms with Crippen LogP contribution in [0.15, 0.2) is 42.5 Å². The van der Waals surface area contributed by atoms with Crippen molar-refractivity contribution in [3.8, 4) is 0 Å². The molecule has 1 saturated heterocycles. The summed E-state index contributed by atoms with van der Waals surface area (Å²) in [6, 6.07) is 8.72. The van der Waals surface area contributed by atoms with Gasteiger partial charge in [0.1, 0.15) is 11.6 Å². The SMILES string of the molecule is CC(C)(C)c1ccc(C(=O)N2CCN(C(=O)c3cc(F)cc(F)c3)C2C(=O)NC(CC(=O)O)C2CCCCC2)cc1. The van der Waals surface area contributed by atoms with E-state index >= 15 is 0 Å². The van der Waals surface area contributed by atoms with Crippen molar-refractivity contribution in [1.29, 1.82) is 0 Å². The van der Waals surface area contributed by atoms with E-state index in [-0.39, 0.29) is 36.4 Å². The monoisotopic (exact) mass is 569 g/mol. The summed E-state index contributed by atoms with van der Waals surface area (Å²) < 4.78 is 27.9. The van der Waals surface area contributed by atoms with Gasteiger partial charge < -0.3 is 20.2 Å². The number of amides is 3. The van der Waals surface area contributed by atoms with E-state index in [4.69, 9.17) is 0 Å². The van der Waals surface area contributed by atoms with Crippen LogP contribution < -0.4 is 5.32 Å². The van der Waals surface area contributed by atoms with Crippen LogP contribution in [-0.2, 0) is 15.0 Å². The molecule has 41 heavy (non-hydrogen) atoms. The number of hydrogen-bond donors (Lipinski definition) is 2. The zero-order valence-corrected chi connectivity index (χ0v) is 23.7. The molecular formula is C31H37F2N3O5. The molecular weight excluding hydrogens is 532 g/mol. The van der Waals surface area contributed by atoms with Gasteiger partial charge >= 0.3 is 5.97 Å². The first-order valence-corrected chi connectivity index (χ1v) is 14.1. The Hall–Kier alpha value is -3.82. The second-order valence-electron chi connectivity index (χ2n) is 12.0. The van der Waals surface area contributed by atoms with Gasteiger partial charge in [-0.3, -0.25) is 19.2 Å². The van der Waals surface area contributed by atoms with Crippen molar-refractivity contribution in [3.63, 3.8) is 0 Å². The van der Waals surface area contributed by atoms with Gasteiger partial charge in [-0.2, -0.15) is 0 Å². The predicted molar refractivity (Wildman–Crippen MR) is 148 cm³/mol.